The van der Waals surface area contributed by atoms with Crippen molar-refractivity contribution in [2.75, 3.05) is 18.5 Å². The summed E-state index contributed by atoms with van der Waals surface area (Å²) >= 11 is 0. The Hall–Kier alpha value is -2.15. The molecule has 2 amide bonds. The number of hydrogen-bond acceptors (Lipinski definition) is 5. The highest BCUT2D eigenvalue weighted by Gasteiger charge is 2.09. The minimum atomic E-state index is -0.418. The lowest BCUT2D eigenvalue weighted by Gasteiger charge is -2.06. The molecule has 0 spiro atoms. The summed E-state index contributed by atoms with van der Waals surface area (Å²) in [5.74, 6) is 4.93. The molecule has 0 fully saturated rings. The maximum absolute atomic E-state index is 11.7. The van der Waals surface area contributed by atoms with E-state index in [1.165, 1.54) is 0 Å². The van der Waals surface area contributed by atoms with E-state index in [0.29, 0.717) is 12.4 Å². The molecule has 1 heterocycles. The third-order valence-electron chi connectivity index (χ3n) is 2.11. The van der Waals surface area contributed by atoms with E-state index >= 15 is 0 Å². The summed E-state index contributed by atoms with van der Waals surface area (Å²) in [7, 11) is 0. The van der Waals surface area contributed by atoms with E-state index in [0.717, 1.165) is 6.42 Å². The van der Waals surface area contributed by atoms with Gasteiger partial charge in [-0.25, -0.2) is 10.8 Å². The van der Waals surface area contributed by atoms with Gasteiger partial charge < -0.3 is 16.1 Å². The van der Waals surface area contributed by atoms with Crippen molar-refractivity contribution in [1.82, 2.24) is 15.6 Å². The predicted molar refractivity (Wildman–Crippen MR) is 67.7 cm³/mol. The molecule has 0 aliphatic carbocycles. The molecule has 1 aromatic heterocycles. The van der Waals surface area contributed by atoms with Gasteiger partial charge in [-0.3, -0.25) is 9.59 Å². The first kappa shape index (κ1) is 13.9. The lowest BCUT2D eigenvalue weighted by atomic mass is 10.3. The molecule has 98 valence electrons. The number of carbonyl (C=O) groups is 2. The average molecular weight is 251 g/mol. The highest BCUT2D eigenvalue weighted by atomic mass is 16.2. The minimum Gasteiger partial charge on any atom is -0.355 e. The Kier molecular flexibility index (Phi) is 5.59. The van der Waals surface area contributed by atoms with Crippen LogP contribution in [0.4, 0.5) is 5.82 Å². The van der Waals surface area contributed by atoms with E-state index in [1.54, 1.807) is 18.2 Å². The van der Waals surface area contributed by atoms with Crippen LogP contribution in [-0.2, 0) is 4.79 Å². The SMILES string of the molecule is CCCNC(=O)CNC(=O)c1cccc(NN)n1. The fourth-order valence-corrected chi connectivity index (χ4v) is 1.22. The van der Waals surface area contributed by atoms with Crippen LogP contribution in [-0.4, -0.2) is 29.9 Å². The summed E-state index contributed by atoms with van der Waals surface area (Å²) in [5.41, 5.74) is 2.55. The third-order valence-corrected chi connectivity index (χ3v) is 2.11. The number of carbonyl (C=O) groups excluding carboxylic acids is 2. The van der Waals surface area contributed by atoms with Crippen LogP contribution in [0.15, 0.2) is 18.2 Å². The lowest BCUT2D eigenvalue weighted by molar-refractivity contribution is -0.120. The van der Waals surface area contributed by atoms with Gasteiger partial charge in [0.1, 0.15) is 11.5 Å². The van der Waals surface area contributed by atoms with E-state index in [-0.39, 0.29) is 18.1 Å². The number of anilines is 1. The standard InChI is InChI=1S/C11H17N5O2/c1-2-6-13-10(17)7-14-11(18)8-4-3-5-9(15-8)16-12/h3-5H,2,6-7,12H2,1H3,(H,13,17)(H,14,18)(H,15,16). The number of nitrogens with two attached hydrogens (primary N) is 1. The molecule has 0 saturated heterocycles. The fraction of sp³-hybridized carbons (Fsp3) is 0.364. The van der Waals surface area contributed by atoms with Gasteiger partial charge in [0.05, 0.1) is 6.54 Å². The van der Waals surface area contributed by atoms with Crippen molar-refractivity contribution in [2.45, 2.75) is 13.3 Å². The number of hydrogen-bond donors (Lipinski definition) is 4. The normalized spacial score (nSPS) is 9.67. The Morgan fingerprint density at radius 3 is 2.78 bits per heavy atom. The largest absolute Gasteiger partial charge is 0.355 e. The minimum absolute atomic E-state index is 0.0687. The monoisotopic (exact) mass is 251 g/mol. The first-order valence-electron chi connectivity index (χ1n) is 5.66. The Labute approximate surface area is 105 Å². The smallest absolute Gasteiger partial charge is 0.270 e. The van der Waals surface area contributed by atoms with Gasteiger partial charge in [-0.1, -0.05) is 13.0 Å². The summed E-state index contributed by atoms with van der Waals surface area (Å²) in [4.78, 5) is 26.9. The van der Waals surface area contributed by atoms with Crippen LogP contribution in [0, 0.1) is 0 Å². The second-order valence-electron chi connectivity index (χ2n) is 3.59. The van der Waals surface area contributed by atoms with E-state index in [2.05, 4.69) is 21.0 Å². The first-order valence-corrected chi connectivity index (χ1v) is 5.66. The number of rotatable bonds is 6. The van der Waals surface area contributed by atoms with Crippen LogP contribution >= 0.6 is 0 Å². The van der Waals surface area contributed by atoms with Crippen molar-refractivity contribution in [3.05, 3.63) is 23.9 Å². The molecule has 0 aromatic carbocycles. The Balaban J connectivity index is 2.47. The van der Waals surface area contributed by atoms with E-state index in [9.17, 15) is 9.59 Å². The Bertz CT molecular complexity index is 422. The molecule has 0 aliphatic heterocycles. The summed E-state index contributed by atoms with van der Waals surface area (Å²) in [6, 6.07) is 4.82. The van der Waals surface area contributed by atoms with Gasteiger partial charge in [-0.05, 0) is 18.6 Å². The molecule has 0 radical (unpaired) electrons. The van der Waals surface area contributed by atoms with Crippen LogP contribution in [0.25, 0.3) is 0 Å². The van der Waals surface area contributed by atoms with Crippen LogP contribution < -0.4 is 21.9 Å². The van der Waals surface area contributed by atoms with Gasteiger partial charge >= 0.3 is 0 Å². The fourth-order valence-electron chi connectivity index (χ4n) is 1.22. The highest BCUT2D eigenvalue weighted by Crippen LogP contribution is 2.02. The second-order valence-corrected chi connectivity index (χ2v) is 3.59. The lowest BCUT2D eigenvalue weighted by Crippen LogP contribution is -2.37. The van der Waals surface area contributed by atoms with Crippen molar-refractivity contribution < 1.29 is 9.59 Å². The molecule has 0 unspecified atom stereocenters. The summed E-state index contributed by atoms with van der Waals surface area (Å²) in [5, 5.41) is 5.13. The molecular formula is C11H17N5O2. The Morgan fingerprint density at radius 2 is 2.11 bits per heavy atom. The third kappa shape index (κ3) is 4.38. The number of amides is 2. The number of nitrogens with zero attached hydrogens (tertiary/aromatic N) is 1. The molecule has 0 aliphatic rings. The number of nitrogens with one attached hydrogen (secondary N) is 3. The van der Waals surface area contributed by atoms with Crippen molar-refractivity contribution in [1.29, 1.82) is 0 Å². The zero-order valence-corrected chi connectivity index (χ0v) is 10.2. The van der Waals surface area contributed by atoms with Gasteiger partial charge in [-0.2, -0.15) is 0 Å². The number of hydrazine groups is 1. The van der Waals surface area contributed by atoms with Crippen molar-refractivity contribution in [3.8, 4) is 0 Å². The molecule has 1 rings (SSSR count). The highest BCUT2D eigenvalue weighted by molar-refractivity contribution is 5.95. The zero-order chi connectivity index (χ0) is 13.4. The number of aromatic nitrogens is 1. The summed E-state index contributed by atoms with van der Waals surface area (Å²) < 4.78 is 0. The zero-order valence-electron chi connectivity index (χ0n) is 10.2. The van der Waals surface area contributed by atoms with Crippen molar-refractivity contribution >= 4 is 17.6 Å². The van der Waals surface area contributed by atoms with E-state index in [4.69, 9.17) is 5.84 Å². The van der Waals surface area contributed by atoms with Gasteiger partial charge in [-0.15, -0.1) is 0 Å². The molecule has 18 heavy (non-hydrogen) atoms. The van der Waals surface area contributed by atoms with E-state index < -0.39 is 5.91 Å². The first-order chi connectivity index (χ1) is 8.67. The maximum atomic E-state index is 11.7. The topological polar surface area (TPSA) is 109 Å². The quantitative estimate of drug-likeness (QED) is 0.407. The molecule has 0 saturated carbocycles. The van der Waals surface area contributed by atoms with Crippen LogP contribution in [0.2, 0.25) is 0 Å². The van der Waals surface area contributed by atoms with Crippen molar-refractivity contribution in [2.24, 2.45) is 5.84 Å². The number of nitrogen functional groups attached to an aromatic ring is 1. The molecule has 5 N–H and O–H groups in total. The molecule has 1 aromatic rings. The average Bonchev–Trinajstić information content (AvgIpc) is 2.42. The molecule has 0 bridgehead atoms. The van der Waals surface area contributed by atoms with Gasteiger partial charge in [0, 0.05) is 6.54 Å². The van der Waals surface area contributed by atoms with Gasteiger partial charge in [0.25, 0.3) is 5.91 Å². The summed E-state index contributed by atoms with van der Waals surface area (Å²) in [6.07, 6.45) is 0.853. The molecular weight excluding hydrogens is 234 g/mol. The van der Waals surface area contributed by atoms with Crippen LogP contribution in [0.1, 0.15) is 23.8 Å². The number of pyridine rings is 1. The molecule has 7 heteroatoms. The van der Waals surface area contributed by atoms with E-state index in [1.807, 2.05) is 6.92 Å². The maximum Gasteiger partial charge on any atom is 0.270 e. The van der Waals surface area contributed by atoms with Crippen LogP contribution in [0.3, 0.4) is 0 Å². The molecule has 7 nitrogen and oxygen atoms in total. The van der Waals surface area contributed by atoms with Gasteiger partial charge in [0.15, 0.2) is 0 Å². The summed E-state index contributed by atoms with van der Waals surface area (Å²) in [6.45, 7) is 2.48. The second kappa shape index (κ2) is 7.23. The van der Waals surface area contributed by atoms with Crippen LogP contribution in [0.5, 0.6) is 0 Å². The van der Waals surface area contributed by atoms with Gasteiger partial charge in [0.2, 0.25) is 5.91 Å². The molecule has 0 atom stereocenters. The Morgan fingerprint density at radius 1 is 1.33 bits per heavy atom. The van der Waals surface area contributed by atoms with Crippen molar-refractivity contribution in [3.63, 3.8) is 0 Å². The predicted octanol–water partition coefficient (Wildman–Crippen LogP) is -0.377.